The maximum absolute atomic E-state index is 14.2. The van der Waals surface area contributed by atoms with E-state index < -0.39 is 22.1 Å². The van der Waals surface area contributed by atoms with Crippen LogP contribution >= 0.6 is 11.6 Å². The molecule has 1 aromatic rings. The molecule has 5 nitrogen and oxygen atoms in total. The highest BCUT2D eigenvalue weighted by atomic mass is 35.5. The highest BCUT2D eigenvalue weighted by Gasteiger charge is 2.28. The molecular weight excluding hydrogens is 329 g/mol. The zero-order valence-electron chi connectivity index (χ0n) is 12.5. The lowest BCUT2D eigenvalue weighted by molar-refractivity contribution is 0.241. The third kappa shape index (κ3) is 4.39. The van der Waals surface area contributed by atoms with Crippen LogP contribution in [0.1, 0.15) is 31.4 Å². The summed E-state index contributed by atoms with van der Waals surface area (Å²) in [7, 11) is -3.58. The van der Waals surface area contributed by atoms with Crippen LogP contribution in [0, 0.1) is 5.82 Å². The van der Waals surface area contributed by atoms with E-state index in [1.807, 2.05) is 0 Å². The van der Waals surface area contributed by atoms with Crippen LogP contribution in [0.15, 0.2) is 18.2 Å². The van der Waals surface area contributed by atoms with Gasteiger partial charge in [-0.15, -0.1) is 0 Å². The summed E-state index contributed by atoms with van der Waals surface area (Å²) in [5.74, 6) is -0.410. The molecule has 0 aliphatic carbocycles. The van der Waals surface area contributed by atoms with Crippen molar-refractivity contribution in [2.24, 2.45) is 0 Å². The first-order valence-corrected chi connectivity index (χ1v) is 9.23. The number of hydrogen-bond donors (Lipinski definition) is 2. The average molecular weight is 350 g/mol. The highest BCUT2D eigenvalue weighted by Crippen LogP contribution is 2.31. The molecule has 1 heterocycles. The molecule has 0 aromatic heterocycles. The van der Waals surface area contributed by atoms with E-state index in [4.69, 9.17) is 11.6 Å². The first kappa shape index (κ1) is 17.6. The number of rotatable bonds is 7. The molecule has 124 valence electrons. The Balaban J connectivity index is 2.24. The molecular formula is C14H21ClFN3O2S. The van der Waals surface area contributed by atoms with Crippen LogP contribution in [0.4, 0.5) is 4.39 Å². The van der Waals surface area contributed by atoms with Gasteiger partial charge in [0.1, 0.15) is 5.82 Å². The lowest BCUT2D eigenvalue weighted by atomic mass is 10.0. The van der Waals surface area contributed by atoms with E-state index in [9.17, 15) is 12.8 Å². The van der Waals surface area contributed by atoms with Crippen LogP contribution in [0.3, 0.4) is 0 Å². The molecule has 0 amide bonds. The van der Waals surface area contributed by atoms with Gasteiger partial charge in [0, 0.05) is 23.7 Å². The van der Waals surface area contributed by atoms with Gasteiger partial charge < -0.3 is 0 Å². The summed E-state index contributed by atoms with van der Waals surface area (Å²) in [5.41, 5.74) is 0.352. The quantitative estimate of drug-likeness (QED) is 0.792. The zero-order valence-corrected chi connectivity index (χ0v) is 14.1. The third-order valence-corrected chi connectivity index (χ3v) is 5.26. The lowest BCUT2D eigenvalue weighted by Crippen LogP contribution is -2.42. The van der Waals surface area contributed by atoms with Gasteiger partial charge in [-0.1, -0.05) is 24.6 Å². The Morgan fingerprint density at radius 2 is 2.00 bits per heavy atom. The van der Waals surface area contributed by atoms with Gasteiger partial charge in [0.25, 0.3) is 10.2 Å². The summed E-state index contributed by atoms with van der Waals surface area (Å²) in [4.78, 5) is 2.07. The first-order valence-electron chi connectivity index (χ1n) is 7.37. The predicted molar refractivity (Wildman–Crippen MR) is 85.6 cm³/mol. The summed E-state index contributed by atoms with van der Waals surface area (Å²) in [5, 5.41) is 0.319. The Morgan fingerprint density at radius 3 is 2.59 bits per heavy atom. The largest absolute Gasteiger partial charge is 0.295 e. The molecule has 1 unspecified atom stereocenters. The Kier molecular flexibility index (Phi) is 6.17. The number of nitrogens with one attached hydrogen (secondary N) is 2. The zero-order chi connectivity index (χ0) is 16.2. The topological polar surface area (TPSA) is 61.4 Å². The fraction of sp³-hybridized carbons (Fsp3) is 0.571. The van der Waals surface area contributed by atoms with Gasteiger partial charge in [0.15, 0.2) is 0 Å². The molecule has 0 saturated carbocycles. The molecule has 1 aromatic carbocycles. The molecule has 0 radical (unpaired) electrons. The van der Waals surface area contributed by atoms with Crippen molar-refractivity contribution in [3.05, 3.63) is 34.6 Å². The van der Waals surface area contributed by atoms with Crippen LogP contribution in [0.2, 0.25) is 5.02 Å². The lowest BCUT2D eigenvalue weighted by Gasteiger charge is -2.29. The maximum atomic E-state index is 14.2. The van der Waals surface area contributed by atoms with Crippen molar-refractivity contribution in [1.29, 1.82) is 0 Å². The minimum absolute atomic E-state index is 0.0794. The van der Waals surface area contributed by atoms with E-state index in [1.165, 1.54) is 6.07 Å². The molecule has 1 saturated heterocycles. The number of halogens is 2. The summed E-state index contributed by atoms with van der Waals surface area (Å²) in [6, 6.07) is 4.11. The molecule has 8 heteroatoms. The molecule has 2 rings (SSSR count). The van der Waals surface area contributed by atoms with Gasteiger partial charge >= 0.3 is 0 Å². The normalized spacial score (nSPS) is 17.8. The Bertz CT molecular complexity index is 586. The Labute approximate surface area is 136 Å². The number of hydrogen-bond acceptors (Lipinski definition) is 3. The van der Waals surface area contributed by atoms with Crippen molar-refractivity contribution in [2.75, 3.05) is 26.2 Å². The van der Waals surface area contributed by atoms with E-state index >= 15 is 0 Å². The summed E-state index contributed by atoms with van der Waals surface area (Å²) in [6.07, 6.45) is 2.03. The van der Waals surface area contributed by atoms with Crippen LogP contribution in [0.5, 0.6) is 0 Å². The van der Waals surface area contributed by atoms with E-state index in [-0.39, 0.29) is 6.54 Å². The standard InChI is InChI=1S/C14H21ClFN3O2S/c1-2-17-22(20,21)18-10-13(19-8-3-4-9-19)14-11(15)6-5-7-12(14)16/h5-7,13,17-18H,2-4,8-10H2,1H3. The van der Waals surface area contributed by atoms with E-state index in [0.29, 0.717) is 17.1 Å². The SMILES string of the molecule is CCNS(=O)(=O)NCC(c1c(F)cccc1Cl)N1CCCC1. The molecule has 1 aliphatic rings. The van der Waals surface area contributed by atoms with Crippen molar-refractivity contribution < 1.29 is 12.8 Å². The first-order chi connectivity index (χ1) is 10.4. The van der Waals surface area contributed by atoms with Gasteiger partial charge in [-0.05, 0) is 38.1 Å². The monoisotopic (exact) mass is 349 g/mol. The molecule has 0 spiro atoms. The van der Waals surface area contributed by atoms with E-state index in [1.54, 1.807) is 19.1 Å². The van der Waals surface area contributed by atoms with Crippen molar-refractivity contribution >= 4 is 21.8 Å². The summed E-state index contributed by atoms with van der Waals surface area (Å²) >= 11 is 6.15. The second kappa shape index (κ2) is 7.70. The Hall–Kier alpha value is -0.730. The molecule has 1 aliphatic heterocycles. The van der Waals surface area contributed by atoms with Gasteiger partial charge in [-0.25, -0.2) is 13.8 Å². The van der Waals surface area contributed by atoms with Crippen molar-refractivity contribution in [3.63, 3.8) is 0 Å². The highest BCUT2D eigenvalue weighted by molar-refractivity contribution is 7.87. The molecule has 0 bridgehead atoms. The van der Waals surface area contributed by atoms with Crippen molar-refractivity contribution in [1.82, 2.24) is 14.3 Å². The maximum Gasteiger partial charge on any atom is 0.276 e. The minimum Gasteiger partial charge on any atom is -0.295 e. The molecule has 22 heavy (non-hydrogen) atoms. The molecule has 2 N–H and O–H groups in total. The summed E-state index contributed by atoms with van der Waals surface area (Å²) in [6.45, 7) is 3.68. The minimum atomic E-state index is -3.58. The number of nitrogens with zero attached hydrogens (tertiary/aromatic N) is 1. The fourth-order valence-corrected chi connectivity index (χ4v) is 3.87. The van der Waals surface area contributed by atoms with Gasteiger partial charge in [-0.3, -0.25) is 4.90 Å². The van der Waals surface area contributed by atoms with Crippen LogP contribution in [-0.4, -0.2) is 39.5 Å². The second-order valence-electron chi connectivity index (χ2n) is 5.24. The smallest absolute Gasteiger partial charge is 0.276 e. The fourth-order valence-electron chi connectivity index (χ4n) is 2.73. The van der Waals surface area contributed by atoms with Gasteiger partial charge in [0.05, 0.1) is 6.04 Å². The summed E-state index contributed by atoms with van der Waals surface area (Å²) < 4.78 is 42.6. The van der Waals surface area contributed by atoms with Gasteiger partial charge in [0.2, 0.25) is 0 Å². The second-order valence-corrected chi connectivity index (χ2v) is 7.24. The van der Waals surface area contributed by atoms with Crippen LogP contribution < -0.4 is 9.44 Å². The van der Waals surface area contributed by atoms with E-state index in [0.717, 1.165) is 25.9 Å². The number of benzene rings is 1. The predicted octanol–water partition coefficient (Wildman–Crippen LogP) is 2.06. The Morgan fingerprint density at radius 1 is 1.32 bits per heavy atom. The molecule has 1 atom stereocenters. The number of likely N-dealkylation sites (tertiary alicyclic amines) is 1. The van der Waals surface area contributed by atoms with E-state index in [2.05, 4.69) is 14.3 Å². The van der Waals surface area contributed by atoms with Crippen molar-refractivity contribution in [2.45, 2.75) is 25.8 Å². The van der Waals surface area contributed by atoms with Gasteiger partial charge in [-0.2, -0.15) is 8.42 Å². The van der Waals surface area contributed by atoms with Crippen LogP contribution in [-0.2, 0) is 10.2 Å². The average Bonchev–Trinajstić information content (AvgIpc) is 2.95. The van der Waals surface area contributed by atoms with Crippen molar-refractivity contribution in [3.8, 4) is 0 Å². The third-order valence-electron chi connectivity index (χ3n) is 3.72. The molecule has 1 fully saturated rings. The van der Waals surface area contributed by atoms with Crippen LogP contribution in [0.25, 0.3) is 0 Å².